The number of nitrogen functional groups attached to an aromatic ring is 1. The van der Waals surface area contributed by atoms with Crippen molar-refractivity contribution in [2.45, 2.75) is 32.4 Å². The van der Waals surface area contributed by atoms with E-state index in [0.717, 1.165) is 0 Å². The maximum atomic E-state index is 13.1. The van der Waals surface area contributed by atoms with E-state index in [2.05, 4.69) is 11.2 Å². The lowest BCUT2D eigenvalue weighted by atomic mass is 10.00. The van der Waals surface area contributed by atoms with Crippen LogP contribution in [0, 0.1) is 12.3 Å². The van der Waals surface area contributed by atoms with Crippen LogP contribution in [0.4, 0.5) is 11.4 Å². The number of nitrogens with two attached hydrogens (primary N) is 1. The molecule has 0 aliphatic heterocycles. The third-order valence-electron chi connectivity index (χ3n) is 3.68. The lowest BCUT2D eigenvalue weighted by Crippen LogP contribution is -2.49. The molecular weight excluding hydrogens is 362 g/mol. The highest BCUT2D eigenvalue weighted by Crippen LogP contribution is 2.30. The van der Waals surface area contributed by atoms with Crippen molar-refractivity contribution in [2.24, 2.45) is 0 Å². The summed E-state index contributed by atoms with van der Waals surface area (Å²) < 4.78 is 0. The Morgan fingerprint density at radius 3 is 2.33 bits per heavy atom. The fourth-order valence-electron chi connectivity index (χ4n) is 2.64. The van der Waals surface area contributed by atoms with Crippen molar-refractivity contribution in [3.63, 3.8) is 0 Å². The molecule has 1 atom stereocenters. The van der Waals surface area contributed by atoms with Gasteiger partial charge in [-0.15, -0.1) is 6.42 Å². The first kappa shape index (κ1) is 20.3. The molecule has 2 amide bonds. The molecule has 5 nitrogen and oxygen atoms in total. The van der Waals surface area contributed by atoms with Crippen LogP contribution < -0.4 is 16.0 Å². The standard InChI is InChI=1S/C21H22ClN3O2/c1-5-18(26)25(17-11-9-15(22)10-12-17)19(20(27)24-21(2,3)4)14-7-6-8-16(23)13-14/h1,6-13,19H,23H2,2-4H3,(H,24,27). The first-order chi connectivity index (χ1) is 12.6. The first-order valence-electron chi connectivity index (χ1n) is 8.35. The molecule has 0 fully saturated rings. The Morgan fingerprint density at radius 2 is 1.81 bits per heavy atom. The number of carbonyl (C=O) groups is 2. The summed E-state index contributed by atoms with van der Waals surface area (Å²) in [7, 11) is 0. The highest BCUT2D eigenvalue weighted by atomic mass is 35.5. The summed E-state index contributed by atoms with van der Waals surface area (Å²) in [5.74, 6) is 1.09. The van der Waals surface area contributed by atoms with Crippen LogP contribution in [0.15, 0.2) is 48.5 Å². The molecular formula is C21H22ClN3O2. The van der Waals surface area contributed by atoms with Crippen LogP contribution in [-0.2, 0) is 9.59 Å². The molecule has 2 aromatic carbocycles. The van der Waals surface area contributed by atoms with Gasteiger partial charge in [-0.25, -0.2) is 0 Å². The minimum absolute atomic E-state index is 0.369. The zero-order valence-electron chi connectivity index (χ0n) is 15.5. The number of benzene rings is 2. The molecule has 2 aromatic rings. The van der Waals surface area contributed by atoms with Gasteiger partial charge >= 0.3 is 5.91 Å². The summed E-state index contributed by atoms with van der Waals surface area (Å²) in [5.41, 5.74) is 6.88. The van der Waals surface area contributed by atoms with Gasteiger partial charge in [0.05, 0.1) is 0 Å². The van der Waals surface area contributed by atoms with E-state index in [0.29, 0.717) is 22.0 Å². The molecule has 0 saturated heterocycles. The number of amides is 2. The number of nitrogens with zero attached hydrogens (tertiary/aromatic N) is 1. The van der Waals surface area contributed by atoms with Crippen LogP contribution in [-0.4, -0.2) is 17.4 Å². The molecule has 140 valence electrons. The summed E-state index contributed by atoms with van der Waals surface area (Å²) in [6.45, 7) is 5.57. The van der Waals surface area contributed by atoms with Crippen molar-refractivity contribution in [3.05, 3.63) is 59.1 Å². The van der Waals surface area contributed by atoms with Gasteiger partial charge in [0.2, 0.25) is 5.91 Å². The topological polar surface area (TPSA) is 75.4 Å². The lowest BCUT2D eigenvalue weighted by molar-refractivity contribution is -0.126. The fraction of sp³-hybridized carbons (Fsp3) is 0.238. The lowest BCUT2D eigenvalue weighted by Gasteiger charge is -2.32. The van der Waals surface area contributed by atoms with E-state index in [9.17, 15) is 9.59 Å². The molecule has 0 spiro atoms. The maximum absolute atomic E-state index is 13.1. The SMILES string of the molecule is C#CC(=O)N(c1ccc(Cl)cc1)C(C(=O)NC(C)(C)C)c1cccc(N)c1. The van der Waals surface area contributed by atoms with E-state index in [1.807, 2.05) is 20.8 Å². The molecule has 0 saturated carbocycles. The Morgan fingerprint density at radius 1 is 1.19 bits per heavy atom. The van der Waals surface area contributed by atoms with Crippen LogP contribution >= 0.6 is 11.6 Å². The number of hydrogen-bond acceptors (Lipinski definition) is 3. The van der Waals surface area contributed by atoms with Gasteiger partial charge in [-0.2, -0.15) is 0 Å². The molecule has 0 aromatic heterocycles. The first-order valence-corrected chi connectivity index (χ1v) is 8.73. The van der Waals surface area contributed by atoms with E-state index in [4.69, 9.17) is 23.8 Å². The molecule has 3 N–H and O–H groups in total. The van der Waals surface area contributed by atoms with Gasteiger partial charge in [0.25, 0.3) is 0 Å². The normalized spacial score (nSPS) is 12.0. The summed E-state index contributed by atoms with van der Waals surface area (Å²) in [5, 5.41) is 3.42. The summed E-state index contributed by atoms with van der Waals surface area (Å²) >= 11 is 5.96. The van der Waals surface area contributed by atoms with Crippen molar-refractivity contribution < 1.29 is 9.59 Å². The number of carbonyl (C=O) groups excluding carboxylic acids is 2. The highest BCUT2D eigenvalue weighted by molar-refractivity contribution is 6.30. The van der Waals surface area contributed by atoms with E-state index >= 15 is 0 Å². The number of terminal acetylenes is 1. The quantitative estimate of drug-likeness (QED) is 0.626. The maximum Gasteiger partial charge on any atom is 0.303 e. The van der Waals surface area contributed by atoms with Gasteiger partial charge in [0.1, 0.15) is 6.04 Å². The molecule has 1 unspecified atom stereocenters. The second kappa shape index (κ2) is 8.15. The Labute approximate surface area is 164 Å². The average molecular weight is 384 g/mol. The summed E-state index contributed by atoms with van der Waals surface area (Å²) in [4.78, 5) is 27.0. The average Bonchev–Trinajstić information content (AvgIpc) is 2.58. The van der Waals surface area contributed by atoms with Gasteiger partial charge in [0.15, 0.2) is 0 Å². The van der Waals surface area contributed by atoms with Gasteiger partial charge in [-0.05, 0) is 68.7 Å². The van der Waals surface area contributed by atoms with Gasteiger partial charge in [0, 0.05) is 21.9 Å². The predicted octanol–water partition coefficient (Wildman–Crippen LogP) is 3.54. The molecule has 0 heterocycles. The molecule has 6 heteroatoms. The van der Waals surface area contributed by atoms with Gasteiger partial charge < -0.3 is 11.1 Å². The van der Waals surface area contributed by atoms with Crippen molar-refractivity contribution in [2.75, 3.05) is 10.6 Å². The monoisotopic (exact) mass is 383 g/mol. The van der Waals surface area contributed by atoms with Crippen molar-refractivity contribution >= 4 is 34.8 Å². The van der Waals surface area contributed by atoms with Crippen LogP contribution in [0.1, 0.15) is 32.4 Å². The van der Waals surface area contributed by atoms with E-state index < -0.39 is 17.5 Å². The Hall–Kier alpha value is -2.97. The highest BCUT2D eigenvalue weighted by Gasteiger charge is 2.34. The summed E-state index contributed by atoms with van der Waals surface area (Å²) in [6.07, 6.45) is 5.39. The van der Waals surface area contributed by atoms with Crippen molar-refractivity contribution in [3.8, 4) is 12.3 Å². The van der Waals surface area contributed by atoms with Gasteiger partial charge in [-0.3, -0.25) is 14.5 Å². The molecule has 0 bridgehead atoms. The largest absolute Gasteiger partial charge is 0.399 e. The van der Waals surface area contributed by atoms with Crippen molar-refractivity contribution in [1.82, 2.24) is 5.32 Å². The number of nitrogens with one attached hydrogen (secondary N) is 1. The van der Waals surface area contributed by atoms with E-state index in [-0.39, 0.29) is 5.91 Å². The van der Waals surface area contributed by atoms with Crippen LogP contribution in [0.3, 0.4) is 0 Å². The Kier molecular flexibility index (Phi) is 6.14. The minimum Gasteiger partial charge on any atom is -0.399 e. The molecule has 0 aliphatic rings. The second-order valence-electron chi connectivity index (χ2n) is 7.11. The summed E-state index contributed by atoms with van der Waals surface area (Å²) in [6, 6.07) is 12.4. The number of anilines is 2. The zero-order chi connectivity index (χ0) is 20.2. The van der Waals surface area contributed by atoms with Crippen LogP contribution in [0.25, 0.3) is 0 Å². The predicted molar refractivity (Wildman–Crippen MR) is 109 cm³/mol. The Bertz CT molecular complexity index is 880. The van der Waals surface area contributed by atoms with Gasteiger partial charge in [-0.1, -0.05) is 23.7 Å². The fourth-order valence-corrected chi connectivity index (χ4v) is 2.77. The minimum atomic E-state index is -0.988. The smallest absolute Gasteiger partial charge is 0.303 e. The molecule has 0 aliphatic carbocycles. The van der Waals surface area contributed by atoms with Crippen LogP contribution in [0.2, 0.25) is 5.02 Å². The number of rotatable bonds is 4. The van der Waals surface area contributed by atoms with E-state index in [1.54, 1.807) is 48.5 Å². The second-order valence-corrected chi connectivity index (χ2v) is 7.54. The van der Waals surface area contributed by atoms with Crippen LogP contribution in [0.5, 0.6) is 0 Å². The number of hydrogen-bond donors (Lipinski definition) is 2. The van der Waals surface area contributed by atoms with E-state index in [1.165, 1.54) is 4.90 Å². The Balaban J connectivity index is 2.63. The number of halogens is 1. The molecule has 27 heavy (non-hydrogen) atoms. The molecule has 0 radical (unpaired) electrons. The zero-order valence-corrected chi connectivity index (χ0v) is 16.2. The molecule has 2 rings (SSSR count). The third kappa shape index (κ3) is 5.25. The third-order valence-corrected chi connectivity index (χ3v) is 3.93. The van der Waals surface area contributed by atoms with Crippen molar-refractivity contribution in [1.29, 1.82) is 0 Å².